The minimum absolute atomic E-state index is 0. The molecule has 0 aliphatic heterocycles. The molecule has 1 aromatic rings. The third-order valence-electron chi connectivity index (χ3n) is 4.49. The lowest BCUT2D eigenvalue weighted by Gasteiger charge is -2.30. The number of Topliss-reactive ketones (excluding diaryl/α,β-unsaturated/α-hetero) is 1. The summed E-state index contributed by atoms with van der Waals surface area (Å²) in [6.07, 6.45) is 6.51. The van der Waals surface area contributed by atoms with Crippen LogP contribution in [0, 0.1) is 5.92 Å². The molecule has 1 aliphatic carbocycles. The maximum absolute atomic E-state index is 12.1. The first-order valence-electron chi connectivity index (χ1n) is 8.28. The van der Waals surface area contributed by atoms with Crippen LogP contribution in [-0.4, -0.2) is 24.3 Å². The van der Waals surface area contributed by atoms with Crippen molar-refractivity contribution < 1.29 is 9.59 Å². The molecule has 1 saturated carbocycles. The maximum atomic E-state index is 12.1. The van der Waals surface area contributed by atoms with Crippen molar-refractivity contribution in [1.82, 2.24) is 5.32 Å². The van der Waals surface area contributed by atoms with Crippen LogP contribution < -0.4 is 11.1 Å². The van der Waals surface area contributed by atoms with Crippen LogP contribution in [0.15, 0.2) is 30.3 Å². The zero-order chi connectivity index (χ0) is 15.8. The molecule has 1 amide bonds. The van der Waals surface area contributed by atoms with E-state index in [1.807, 2.05) is 18.2 Å². The summed E-state index contributed by atoms with van der Waals surface area (Å²) >= 11 is 0. The van der Waals surface area contributed by atoms with E-state index in [0.29, 0.717) is 18.0 Å². The van der Waals surface area contributed by atoms with Gasteiger partial charge < -0.3 is 11.1 Å². The number of amides is 1. The number of ketones is 1. The number of carbonyl (C=O) groups excluding carboxylic acids is 2. The number of nitrogens with one attached hydrogen (secondary N) is 1. The Kier molecular flexibility index (Phi) is 8.89. The third kappa shape index (κ3) is 6.32. The minimum atomic E-state index is -0.0645. The molecule has 1 aromatic carbocycles. The van der Waals surface area contributed by atoms with E-state index in [0.717, 1.165) is 12.8 Å². The topological polar surface area (TPSA) is 72.2 Å². The first kappa shape index (κ1) is 19.7. The number of halogens is 1. The summed E-state index contributed by atoms with van der Waals surface area (Å²) in [5.74, 6) is 0.440. The molecule has 1 fully saturated rings. The van der Waals surface area contributed by atoms with Crippen molar-refractivity contribution in [3.05, 3.63) is 35.9 Å². The van der Waals surface area contributed by atoms with Crippen molar-refractivity contribution in [1.29, 1.82) is 0 Å². The molecule has 0 radical (unpaired) electrons. The number of nitrogens with two attached hydrogens (primary N) is 1. The monoisotopic (exact) mass is 338 g/mol. The van der Waals surface area contributed by atoms with Gasteiger partial charge in [-0.15, -0.1) is 12.4 Å². The van der Waals surface area contributed by atoms with E-state index >= 15 is 0 Å². The van der Waals surface area contributed by atoms with Crippen LogP contribution in [-0.2, 0) is 4.79 Å². The fourth-order valence-corrected chi connectivity index (χ4v) is 3.18. The molecule has 4 nitrogen and oxygen atoms in total. The summed E-state index contributed by atoms with van der Waals surface area (Å²) in [5, 5.41) is 3.03. The summed E-state index contributed by atoms with van der Waals surface area (Å²) in [6.45, 7) is 0.475. The van der Waals surface area contributed by atoms with Crippen LogP contribution in [0.1, 0.15) is 55.3 Å². The second-order valence-corrected chi connectivity index (χ2v) is 6.10. The van der Waals surface area contributed by atoms with Crippen LogP contribution in [0.3, 0.4) is 0 Å². The van der Waals surface area contributed by atoms with Gasteiger partial charge in [-0.3, -0.25) is 9.59 Å². The van der Waals surface area contributed by atoms with E-state index < -0.39 is 0 Å². The molecule has 2 rings (SSSR count). The number of hydrogen-bond donors (Lipinski definition) is 2. The van der Waals surface area contributed by atoms with Gasteiger partial charge in [-0.1, -0.05) is 49.6 Å². The lowest BCUT2D eigenvalue weighted by atomic mass is 9.84. The molecule has 0 bridgehead atoms. The Hall–Kier alpha value is -1.39. The molecule has 5 heteroatoms. The van der Waals surface area contributed by atoms with Gasteiger partial charge in [-0.2, -0.15) is 0 Å². The Morgan fingerprint density at radius 3 is 2.35 bits per heavy atom. The normalized spacial score (nSPS) is 16.2. The second-order valence-electron chi connectivity index (χ2n) is 6.10. The molecular weight excluding hydrogens is 312 g/mol. The van der Waals surface area contributed by atoms with Crippen molar-refractivity contribution >= 4 is 24.1 Å². The Morgan fingerprint density at radius 1 is 1.09 bits per heavy atom. The van der Waals surface area contributed by atoms with E-state index in [1.54, 1.807) is 12.1 Å². The third-order valence-corrected chi connectivity index (χ3v) is 4.49. The molecule has 1 unspecified atom stereocenters. The summed E-state index contributed by atoms with van der Waals surface area (Å²) in [4.78, 5) is 24.1. The average molecular weight is 339 g/mol. The minimum Gasteiger partial charge on any atom is -0.352 e. The fourth-order valence-electron chi connectivity index (χ4n) is 3.18. The van der Waals surface area contributed by atoms with Gasteiger partial charge in [0.2, 0.25) is 5.91 Å². The SMILES string of the molecule is Cl.NCC(NC(=O)CCC(=O)c1ccccc1)C1CCCCC1. The number of hydrogen-bond acceptors (Lipinski definition) is 3. The van der Waals surface area contributed by atoms with Gasteiger partial charge in [0, 0.05) is 31.0 Å². The molecule has 1 aliphatic rings. The van der Waals surface area contributed by atoms with E-state index in [-0.39, 0.29) is 43.0 Å². The van der Waals surface area contributed by atoms with Crippen LogP contribution in [0.2, 0.25) is 0 Å². The summed E-state index contributed by atoms with van der Waals surface area (Å²) in [6, 6.07) is 9.16. The van der Waals surface area contributed by atoms with Crippen LogP contribution in [0.4, 0.5) is 0 Å². The highest BCUT2D eigenvalue weighted by molar-refractivity contribution is 5.97. The fraction of sp³-hybridized carbons (Fsp3) is 0.556. The highest BCUT2D eigenvalue weighted by Gasteiger charge is 2.24. The zero-order valence-corrected chi connectivity index (χ0v) is 14.3. The molecular formula is C18H27ClN2O2. The number of carbonyl (C=O) groups is 2. The highest BCUT2D eigenvalue weighted by atomic mass is 35.5. The van der Waals surface area contributed by atoms with Gasteiger partial charge in [0.25, 0.3) is 0 Å². The largest absolute Gasteiger partial charge is 0.352 e. The van der Waals surface area contributed by atoms with Crippen molar-refractivity contribution in [3.63, 3.8) is 0 Å². The summed E-state index contributed by atoms with van der Waals surface area (Å²) in [7, 11) is 0. The molecule has 23 heavy (non-hydrogen) atoms. The number of rotatable bonds is 7. The molecule has 0 spiro atoms. The molecule has 3 N–H and O–H groups in total. The zero-order valence-electron chi connectivity index (χ0n) is 13.5. The Bertz CT molecular complexity index is 487. The Morgan fingerprint density at radius 2 is 1.74 bits per heavy atom. The molecule has 128 valence electrons. The van der Waals surface area contributed by atoms with Crippen molar-refractivity contribution in [2.24, 2.45) is 11.7 Å². The van der Waals surface area contributed by atoms with Crippen LogP contribution >= 0.6 is 12.4 Å². The first-order valence-corrected chi connectivity index (χ1v) is 8.28. The van der Waals surface area contributed by atoms with Gasteiger partial charge in [0.05, 0.1) is 0 Å². The van der Waals surface area contributed by atoms with Crippen molar-refractivity contribution in [2.75, 3.05) is 6.54 Å². The lowest BCUT2D eigenvalue weighted by Crippen LogP contribution is -2.45. The molecule has 0 heterocycles. The van der Waals surface area contributed by atoms with Crippen molar-refractivity contribution in [2.45, 2.75) is 51.0 Å². The number of benzene rings is 1. The van der Waals surface area contributed by atoms with E-state index in [4.69, 9.17) is 5.73 Å². The van der Waals surface area contributed by atoms with E-state index in [2.05, 4.69) is 5.32 Å². The Labute approximate surface area is 144 Å². The predicted octanol–water partition coefficient (Wildman–Crippen LogP) is 3.10. The predicted molar refractivity (Wildman–Crippen MR) is 94.8 cm³/mol. The van der Waals surface area contributed by atoms with Gasteiger partial charge in [-0.25, -0.2) is 0 Å². The highest BCUT2D eigenvalue weighted by Crippen LogP contribution is 2.26. The quantitative estimate of drug-likeness (QED) is 0.750. The van der Waals surface area contributed by atoms with Crippen LogP contribution in [0.5, 0.6) is 0 Å². The van der Waals surface area contributed by atoms with Crippen LogP contribution in [0.25, 0.3) is 0 Å². The van der Waals surface area contributed by atoms with Gasteiger partial charge in [0.15, 0.2) is 5.78 Å². The second kappa shape index (κ2) is 10.4. The summed E-state index contributed by atoms with van der Waals surface area (Å²) < 4.78 is 0. The van der Waals surface area contributed by atoms with Gasteiger partial charge in [-0.05, 0) is 18.8 Å². The molecule has 0 saturated heterocycles. The first-order chi connectivity index (χ1) is 10.7. The smallest absolute Gasteiger partial charge is 0.220 e. The van der Waals surface area contributed by atoms with Gasteiger partial charge in [0.1, 0.15) is 0 Å². The van der Waals surface area contributed by atoms with Gasteiger partial charge >= 0.3 is 0 Å². The maximum Gasteiger partial charge on any atom is 0.220 e. The molecule has 1 atom stereocenters. The Balaban J connectivity index is 0.00000264. The lowest BCUT2D eigenvalue weighted by molar-refractivity contribution is -0.122. The summed E-state index contributed by atoms with van der Waals surface area (Å²) in [5.41, 5.74) is 6.48. The average Bonchev–Trinajstić information content (AvgIpc) is 2.59. The molecule has 0 aromatic heterocycles. The van der Waals surface area contributed by atoms with Crippen molar-refractivity contribution in [3.8, 4) is 0 Å². The van der Waals surface area contributed by atoms with E-state index in [9.17, 15) is 9.59 Å². The van der Waals surface area contributed by atoms with E-state index in [1.165, 1.54) is 19.3 Å². The standard InChI is InChI=1S/C18H26N2O2.ClH/c19-13-16(14-7-3-1-4-8-14)20-18(22)12-11-17(21)15-9-5-2-6-10-15;/h2,5-6,9-10,14,16H,1,3-4,7-8,11-13,19H2,(H,20,22);1H.